The van der Waals surface area contributed by atoms with Gasteiger partial charge in [0.2, 0.25) is 17.8 Å². The molecule has 4 atom stereocenters. The van der Waals surface area contributed by atoms with Crippen molar-refractivity contribution >= 4 is 23.6 Å². The molecule has 0 aromatic carbocycles. The molecule has 0 saturated carbocycles. The summed E-state index contributed by atoms with van der Waals surface area (Å²) in [7, 11) is 1.87. The van der Waals surface area contributed by atoms with Gasteiger partial charge in [0.05, 0.1) is 6.04 Å². The van der Waals surface area contributed by atoms with Crippen LogP contribution in [0.1, 0.15) is 38.3 Å². The largest absolute Gasteiger partial charge is 0.373 e. The third-order valence-corrected chi connectivity index (χ3v) is 6.44. The molecule has 0 aliphatic carbocycles. The number of rotatable bonds is 4. The SMILES string of the molecule is CNc1cc(C)nc(N2C[C@H]3C[C@@H](C2)[C@H](CNC(C)=O)N2C(=O)CCC[C@@H]32)n1. The van der Waals surface area contributed by atoms with Crippen molar-refractivity contribution in [3.63, 3.8) is 0 Å². The first-order chi connectivity index (χ1) is 13.5. The molecule has 8 nitrogen and oxygen atoms in total. The van der Waals surface area contributed by atoms with Gasteiger partial charge in [-0.05, 0) is 38.0 Å². The van der Waals surface area contributed by atoms with Crippen LogP contribution in [0.15, 0.2) is 6.07 Å². The van der Waals surface area contributed by atoms with Gasteiger partial charge in [-0.2, -0.15) is 4.98 Å². The molecule has 0 radical (unpaired) electrons. The molecule has 4 rings (SSSR count). The molecule has 0 spiro atoms. The summed E-state index contributed by atoms with van der Waals surface area (Å²) < 4.78 is 0. The zero-order valence-corrected chi connectivity index (χ0v) is 16.9. The van der Waals surface area contributed by atoms with Gasteiger partial charge in [-0.25, -0.2) is 4.98 Å². The lowest BCUT2D eigenvalue weighted by molar-refractivity contribution is -0.149. The number of nitrogens with zero attached hydrogens (tertiary/aromatic N) is 4. The van der Waals surface area contributed by atoms with Crippen molar-refractivity contribution in [3.8, 4) is 0 Å². The van der Waals surface area contributed by atoms with Gasteiger partial charge in [-0.15, -0.1) is 0 Å². The van der Waals surface area contributed by atoms with Crippen molar-refractivity contribution in [2.75, 3.05) is 36.9 Å². The van der Waals surface area contributed by atoms with Gasteiger partial charge in [0, 0.05) is 57.8 Å². The van der Waals surface area contributed by atoms with Crippen molar-refractivity contribution in [2.24, 2.45) is 11.8 Å². The highest BCUT2D eigenvalue weighted by atomic mass is 16.2. The van der Waals surface area contributed by atoms with Gasteiger partial charge in [-0.1, -0.05) is 0 Å². The Balaban J connectivity index is 1.63. The number of aryl methyl sites for hydroxylation is 1. The van der Waals surface area contributed by atoms with E-state index in [2.05, 4.69) is 30.4 Å². The minimum atomic E-state index is -0.0449. The van der Waals surface area contributed by atoms with E-state index in [4.69, 9.17) is 0 Å². The van der Waals surface area contributed by atoms with Crippen LogP contribution in [0.2, 0.25) is 0 Å². The minimum Gasteiger partial charge on any atom is -0.373 e. The summed E-state index contributed by atoms with van der Waals surface area (Å²) in [5, 5.41) is 6.07. The topological polar surface area (TPSA) is 90.5 Å². The van der Waals surface area contributed by atoms with Crippen molar-refractivity contribution in [1.82, 2.24) is 20.2 Å². The molecule has 1 aromatic rings. The van der Waals surface area contributed by atoms with Crippen LogP contribution in [0.25, 0.3) is 0 Å². The Labute approximate surface area is 166 Å². The maximum atomic E-state index is 12.8. The van der Waals surface area contributed by atoms with Crippen molar-refractivity contribution in [3.05, 3.63) is 11.8 Å². The summed E-state index contributed by atoms with van der Waals surface area (Å²) in [4.78, 5) is 38.1. The molecule has 3 fully saturated rings. The highest BCUT2D eigenvalue weighted by Crippen LogP contribution is 2.42. The van der Waals surface area contributed by atoms with Gasteiger partial charge >= 0.3 is 0 Å². The van der Waals surface area contributed by atoms with Gasteiger partial charge in [0.25, 0.3) is 0 Å². The van der Waals surface area contributed by atoms with E-state index in [-0.39, 0.29) is 23.9 Å². The number of carbonyl (C=O) groups excluding carboxylic acids is 2. The van der Waals surface area contributed by atoms with Gasteiger partial charge < -0.3 is 20.4 Å². The molecule has 152 valence electrons. The lowest BCUT2D eigenvalue weighted by Crippen LogP contribution is -2.67. The van der Waals surface area contributed by atoms with Crippen LogP contribution in [0.4, 0.5) is 11.8 Å². The lowest BCUT2D eigenvalue weighted by Gasteiger charge is -2.56. The quantitative estimate of drug-likeness (QED) is 0.807. The predicted octanol–water partition coefficient (Wildman–Crippen LogP) is 1.17. The fourth-order valence-corrected chi connectivity index (χ4v) is 5.27. The van der Waals surface area contributed by atoms with E-state index in [0.29, 0.717) is 24.8 Å². The highest BCUT2D eigenvalue weighted by Gasteiger charge is 2.49. The van der Waals surface area contributed by atoms with Crippen LogP contribution in [-0.2, 0) is 9.59 Å². The van der Waals surface area contributed by atoms with E-state index in [0.717, 1.165) is 49.8 Å². The van der Waals surface area contributed by atoms with Gasteiger partial charge in [0.1, 0.15) is 5.82 Å². The molecular formula is C20H30N6O2. The summed E-state index contributed by atoms with van der Waals surface area (Å²) in [6, 6.07) is 2.25. The smallest absolute Gasteiger partial charge is 0.227 e. The highest BCUT2D eigenvalue weighted by molar-refractivity contribution is 5.78. The number of carbonyl (C=O) groups is 2. The Kier molecular flexibility index (Phi) is 5.12. The summed E-state index contributed by atoms with van der Waals surface area (Å²) in [5.74, 6) is 2.52. The lowest BCUT2D eigenvalue weighted by atomic mass is 9.72. The van der Waals surface area contributed by atoms with E-state index in [1.165, 1.54) is 6.92 Å². The fourth-order valence-electron chi connectivity index (χ4n) is 5.27. The Morgan fingerprint density at radius 3 is 2.82 bits per heavy atom. The summed E-state index contributed by atoms with van der Waals surface area (Å²) in [5.41, 5.74) is 0.939. The third-order valence-electron chi connectivity index (χ3n) is 6.44. The van der Waals surface area contributed by atoms with Crippen molar-refractivity contribution in [2.45, 2.75) is 51.6 Å². The van der Waals surface area contributed by atoms with Crippen LogP contribution < -0.4 is 15.5 Å². The number of fused-ring (bicyclic) bond motifs is 4. The Hall–Kier alpha value is -2.38. The Morgan fingerprint density at radius 1 is 1.29 bits per heavy atom. The second kappa shape index (κ2) is 7.56. The van der Waals surface area contributed by atoms with E-state index < -0.39 is 0 Å². The van der Waals surface area contributed by atoms with Gasteiger partial charge in [-0.3, -0.25) is 9.59 Å². The van der Waals surface area contributed by atoms with E-state index in [1.807, 2.05) is 20.0 Å². The number of amides is 2. The zero-order chi connectivity index (χ0) is 19.8. The summed E-state index contributed by atoms with van der Waals surface area (Å²) in [6.07, 6.45) is 3.73. The molecule has 3 aliphatic heterocycles. The average Bonchev–Trinajstić information content (AvgIpc) is 2.67. The second-order valence-electron chi connectivity index (χ2n) is 8.37. The Morgan fingerprint density at radius 2 is 2.07 bits per heavy atom. The molecule has 28 heavy (non-hydrogen) atoms. The normalized spacial score (nSPS) is 29.3. The number of aromatic nitrogens is 2. The third kappa shape index (κ3) is 3.52. The van der Waals surface area contributed by atoms with E-state index >= 15 is 0 Å². The number of hydrogen-bond donors (Lipinski definition) is 2. The molecule has 2 bridgehead atoms. The van der Waals surface area contributed by atoms with Crippen LogP contribution in [0, 0.1) is 18.8 Å². The van der Waals surface area contributed by atoms with Crippen LogP contribution in [-0.4, -0.2) is 65.4 Å². The van der Waals surface area contributed by atoms with Crippen molar-refractivity contribution < 1.29 is 9.59 Å². The fraction of sp³-hybridized carbons (Fsp3) is 0.700. The number of hydrogen-bond acceptors (Lipinski definition) is 6. The molecule has 2 amide bonds. The predicted molar refractivity (Wildman–Crippen MR) is 107 cm³/mol. The minimum absolute atomic E-state index is 0.0449. The number of nitrogens with one attached hydrogen (secondary N) is 2. The number of piperidine rings is 3. The molecule has 3 aliphatic rings. The molecule has 8 heteroatoms. The standard InChI is InChI=1S/C20H30N6O2/c1-12-7-18(21-3)24-20(23-12)25-10-14-8-15(11-25)17(9-22-13(2)27)26-16(14)5-4-6-19(26)28/h7,14-17H,4-6,8-11H2,1-3H3,(H,22,27)(H,21,23,24)/t14-,15+,16+,17+/m1/s1. The first kappa shape index (κ1) is 19.0. The van der Waals surface area contributed by atoms with Crippen LogP contribution in [0.5, 0.6) is 0 Å². The van der Waals surface area contributed by atoms with Crippen LogP contribution >= 0.6 is 0 Å². The molecule has 3 saturated heterocycles. The maximum absolute atomic E-state index is 12.8. The molecule has 1 aromatic heterocycles. The molecule has 2 N–H and O–H groups in total. The number of anilines is 2. The van der Waals surface area contributed by atoms with E-state index in [9.17, 15) is 9.59 Å². The zero-order valence-electron chi connectivity index (χ0n) is 16.9. The first-order valence-electron chi connectivity index (χ1n) is 10.3. The monoisotopic (exact) mass is 386 g/mol. The maximum Gasteiger partial charge on any atom is 0.227 e. The van der Waals surface area contributed by atoms with Crippen LogP contribution in [0.3, 0.4) is 0 Å². The summed E-state index contributed by atoms with van der Waals surface area (Å²) >= 11 is 0. The first-order valence-corrected chi connectivity index (χ1v) is 10.3. The molecule has 4 heterocycles. The molecular weight excluding hydrogens is 356 g/mol. The molecule has 0 unspecified atom stereocenters. The van der Waals surface area contributed by atoms with Gasteiger partial charge in [0.15, 0.2) is 0 Å². The van der Waals surface area contributed by atoms with E-state index in [1.54, 1.807) is 0 Å². The Bertz CT molecular complexity index is 769. The summed E-state index contributed by atoms with van der Waals surface area (Å²) in [6.45, 7) is 5.74. The second-order valence-corrected chi connectivity index (χ2v) is 8.37. The average molecular weight is 387 g/mol. The van der Waals surface area contributed by atoms with Crippen molar-refractivity contribution in [1.29, 1.82) is 0 Å².